The van der Waals surface area contributed by atoms with E-state index < -0.39 is 16.0 Å². The zero-order chi connectivity index (χ0) is 13.6. The lowest BCUT2D eigenvalue weighted by Crippen LogP contribution is -2.32. The first-order chi connectivity index (χ1) is 8.47. The van der Waals surface area contributed by atoms with Gasteiger partial charge < -0.3 is 10.8 Å². The molecule has 6 nitrogen and oxygen atoms in total. The summed E-state index contributed by atoms with van der Waals surface area (Å²) >= 11 is 0. The largest absolute Gasteiger partial charge is 0.478 e. The summed E-state index contributed by atoms with van der Waals surface area (Å²) in [5.74, 6) is -1.28. The Morgan fingerprint density at radius 1 is 1.50 bits per heavy atom. The van der Waals surface area contributed by atoms with E-state index >= 15 is 0 Å². The molecule has 0 aromatic rings. The Kier molecular flexibility index (Phi) is 5.11. The van der Waals surface area contributed by atoms with E-state index in [1.54, 1.807) is 6.08 Å². The van der Waals surface area contributed by atoms with Gasteiger partial charge in [-0.1, -0.05) is 12.2 Å². The van der Waals surface area contributed by atoms with Gasteiger partial charge in [0.1, 0.15) is 0 Å². The first-order valence-corrected chi connectivity index (χ1v) is 7.03. The van der Waals surface area contributed by atoms with Crippen LogP contribution in [0.15, 0.2) is 36.1 Å². The monoisotopic (exact) mass is 272 g/mol. The maximum Gasteiger partial charge on any atom is 0.333 e. The summed E-state index contributed by atoms with van der Waals surface area (Å²) in [6.45, 7) is 0.324. The Hall–Kier alpha value is -1.60. The fourth-order valence-electron chi connectivity index (χ4n) is 1.36. The van der Waals surface area contributed by atoms with Crippen LogP contribution in [-0.4, -0.2) is 42.6 Å². The molecule has 3 N–H and O–H groups in total. The van der Waals surface area contributed by atoms with E-state index in [0.717, 1.165) is 4.31 Å². The molecule has 0 aromatic heterocycles. The lowest BCUT2D eigenvalue weighted by molar-refractivity contribution is -0.132. The molecule has 18 heavy (non-hydrogen) atoms. The van der Waals surface area contributed by atoms with Crippen molar-refractivity contribution < 1.29 is 18.3 Å². The molecule has 1 aliphatic rings. The second-order valence-corrected chi connectivity index (χ2v) is 5.68. The first kappa shape index (κ1) is 14.5. The van der Waals surface area contributed by atoms with Crippen LogP contribution in [0.3, 0.4) is 0 Å². The lowest BCUT2D eigenvalue weighted by Gasteiger charge is -2.22. The SMILES string of the molecule is NCCC=CCS(=O)(=O)N1C=CC=C(C(=O)O)C1. The highest BCUT2D eigenvalue weighted by molar-refractivity contribution is 7.89. The predicted molar refractivity (Wildman–Crippen MR) is 68.2 cm³/mol. The fourth-order valence-corrected chi connectivity index (χ4v) is 2.52. The fraction of sp³-hybridized carbons (Fsp3) is 0.364. The molecule has 0 radical (unpaired) electrons. The van der Waals surface area contributed by atoms with Crippen LogP contribution >= 0.6 is 0 Å². The van der Waals surface area contributed by atoms with Crippen molar-refractivity contribution in [3.8, 4) is 0 Å². The van der Waals surface area contributed by atoms with Crippen molar-refractivity contribution in [1.29, 1.82) is 0 Å². The summed E-state index contributed by atoms with van der Waals surface area (Å²) in [4.78, 5) is 10.8. The number of nitrogens with zero attached hydrogens (tertiary/aromatic N) is 1. The molecule has 0 amide bonds. The normalized spacial score (nSPS) is 16.1. The van der Waals surface area contributed by atoms with Gasteiger partial charge >= 0.3 is 5.97 Å². The molecule has 0 bridgehead atoms. The number of rotatable bonds is 6. The molecule has 0 spiro atoms. The number of carboxylic acid groups (broad SMARTS) is 1. The number of hydrogen-bond donors (Lipinski definition) is 2. The highest BCUT2D eigenvalue weighted by Crippen LogP contribution is 2.12. The molecule has 0 unspecified atom stereocenters. The molecule has 100 valence electrons. The average Bonchev–Trinajstić information content (AvgIpc) is 2.35. The van der Waals surface area contributed by atoms with Crippen molar-refractivity contribution >= 4 is 16.0 Å². The molecule has 1 heterocycles. The molecule has 7 heteroatoms. The second kappa shape index (κ2) is 6.36. The number of nitrogens with two attached hydrogens (primary N) is 1. The van der Waals surface area contributed by atoms with Gasteiger partial charge in [0.05, 0.1) is 17.9 Å². The van der Waals surface area contributed by atoms with Gasteiger partial charge in [-0.2, -0.15) is 0 Å². The van der Waals surface area contributed by atoms with E-state index in [-0.39, 0.29) is 17.9 Å². The third-order valence-corrected chi connectivity index (χ3v) is 3.89. The van der Waals surface area contributed by atoms with Gasteiger partial charge in [-0.25, -0.2) is 13.2 Å². The smallest absolute Gasteiger partial charge is 0.333 e. The number of allylic oxidation sites excluding steroid dienone is 2. The highest BCUT2D eigenvalue weighted by Gasteiger charge is 2.22. The van der Waals surface area contributed by atoms with Crippen LogP contribution in [0.2, 0.25) is 0 Å². The van der Waals surface area contributed by atoms with Crippen LogP contribution in [0, 0.1) is 0 Å². The van der Waals surface area contributed by atoms with E-state index in [0.29, 0.717) is 13.0 Å². The summed E-state index contributed by atoms with van der Waals surface area (Å²) in [5, 5.41) is 8.82. The minimum absolute atomic E-state index is 0.0482. The van der Waals surface area contributed by atoms with E-state index in [1.807, 2.05) is 0 Å². The van der Waals surface area contributed by atoms with Crippen molar-refractivity contribution in [2.45, 2.75) is 6.42 Å². The quantitative estimate of drug-likeness (QED) is 0.666. The molecule has 0 fully saturated rings. The number of hydrogen-bond acceptors (Lipinski definition) is 4. The van der Waals surface area contributed by atoms with Gasteiger partial charge in [-0.05, 0) is 25.1 Å². The van der Waals surface area contributed by atoms with Gasteiger partial charge in [0, 0.05) is 6.20 Å². The van der Waals surface area contributed by atoms with E-state index in [1.165, 1.54) is 24.4 Å². The van der Waals surface area contributed by atoms with Gasteiger partial charge in [-0.15, -0.1) is 0 Å². The van der Waals surface area contributed by atoms with E-state index in [2.05, 4.69) is 0 Å². The molecule has 0 aliphatic carbocycles. The summed E-state index contributed by atoms with van der Waals surface area (Å²) in [6, 6.07) is 0. The summed E-state index contributed by atoms with van der Waals surface area (Å²) < 4.78 is 24.8. The van der Waals surface area contributed by atoms with Crippen molar-refractivity contribution in [3.05, 3.63) is 36.1 Å². The van der Waals surface area contributed by atoms with Crippen LogP contribution in [-0.2, 0) is 14.8 Å². The van der Waals surface area contributed by atoms with Crippen LogP contribution in [0.25, 0.3) is 0 Å². The van der Waals surface area contributed by atoms with Crippen LogP contribution < -0.4 is 5.73 Å². The Bertz CT molecular complexity index is 491. The van der Waals surface area contributed by atoms with Crippen molar-refractivity contribution in [1.82, 2.24) is 4.31 Å². The molecule has 0 saturated carbocycles. The topological polar surface area (TPSA) is 101 Å². The molecule has 0 aromatic carbocycles. The third kappa shape index (κ3) is 4.01. The molecular formula is C11H16N2O4S. The second-order valence-electron chi connectivity index (χ2n) is 3.71. The number of aliphatic carboxylic acids is 1. The number of carbonyl (C=O) groups is 1. The Balaban J connectivity index is 2.68. The van der Waals surface area contributed by atoms with Gasteiger partial charge in [0.25, 0.3) is 0 Å². The third-order valence-electron chi connectivity index (χ3n) is 2.31. The first-order valence-electron chi connectivity index (χ1n) is 5.42. The summed E-state index contributed by atoms with van der Waals surface area (Å²) in [5.41, 5.74) is 5.33. The van der Waals surface area contributed by atoms with Crippen LogP contribution in [0.1, 0.15) is 6.42 Å². The van der Waals surface area contributed by atoms with Crippen molar-refractivity contribution in [3.63, 3.8) is 0 Å². The van der Waals surface area contributed by atoms with E-state index in [9.17, 15) is 13.2 Å². The van der Waals surface area contributed by atoms with Crippen molar-refractivity contribution in [2.24, 2.45) is 5.73 Å². The zero-order valence-corrected chi connectivity index (χ0v) is 10.6. The van der Waals surface area contributed by atoms with Crippen LogP contribution in [0.5, 0.6) is 0 Å². The Morgan fingerprint density at radius 3 is 2.83 bits per heavy atom. The summed E-state index contributed by atoms with van der Waals surface area (Å²) in [7, 11) is -3.52. The Morgan fingerprint density at radius 2 is 2.22 bits per heavy atom. The predicted octanol–water partition coefficient (Wildman–Crippen LogP) is 0.0615. The molecule has 0 atom stereocenters. The van der Waals surface area contributed by atoms with Gasteiger partial charge in [0.2, 0.25) is 10.0 Å². The average molecular weight is 272 g/mol. The molecular weight excluding hydrogens is 256 g/mol. The standard InChI is InChI=1S/C11H16N2O4S/c12-6-2-1-3-8-18(16,17)13-7-4-5-10(9-13)11(14)15/h1,3-5,7H,2,6,8-9,12H2,(H,14,15). The highest BCUT2D eigenvalue weighted by atomic mass is 32.2. The maximum atomic E-state index is 11.9. The maximum absolute atomic E-state index is 11.9. The number of carboxylic acids is 1. The molecule has 1 rings (SSSR count). The lowest BCUT2D eigenvalue weighted by atomic mass is 10.2. The van der Waals surface area contributed by atoms with Gasteiger partial charge in [0.15, 0.2) is 0 Å². The molecule has 0 saturated heterocycles. The zero-order valence-electron chi connectivity index (χ0n) is 9.82. The van der Waals surface area contributed by atoms with Crippen molar-refractivity contribution in [2.75, 3.05) is 18.8 Å². The molecule has 1 aliphatic heterocycles. The minimum atomic E-state index is -3.52. The van der Waals surface area contributed by atoms with Gasteiger partial charge in [-0.3, -0.25) is 4.31 Å². The Labute approximate surface area is 106 Å². The van der Waals surface area contributed by atoms with E-state index in [4.69, 9.17) is 10.8 Å². The van der Waals surface area contributed by atoms with Crippen LogP contribution in [0.4, 0.5) is 0 Å². The number of sulfonamides is 1. The minimum Gasteiger partial charge on any atom is -0.478 e. The summed E-state index contributed by atoms with van der Waals surface area (Å²) in [6.07, 6.45) is 7.99.